The molecule has 0 unspecified atom stereocenters. The number of carbonyl (C=O) groups is 2. The first-order chi connectivity index (χ1) is 13.4. The maximum absolute atomic E-state index is 12.0. The monoisotopic (exact) mass is 403 g/mol. The van der Waals surface area contributed by atoms with Crippen molar-refractivity contribution in [2.45, 2.75) is 13.0 Å². The highest BCUT2D eigenvalue weighted by molar-refractivity contribution is 6.30. The van der Waals surface area contributed by atoms with Crippen molar-refractivity contribution in [1.82, 2.24) is 5.32 Å². The van der Waals surface area contributed by atoms with Gasteiger partial charge in [0.25, 0.3) is 5.91 Å². The van der Waals surface area contributed by atoms with Gasteiger partial charge in [0.05, 0.1) is 20.3 Å². The van der Waals surface area contributed by atoms with Gasteiger partial charge in [0.2, 0.25) is 0 Å². The molecule has 0 saturated heterocycles. The van der Waals surface area contributed by atoms with Crippen LogP contribution in [0.15, 0.2) is 48.5 Å². The number of hydrogen-bond acceptors (Lipinski definition) is 5. The molecule has 148 valence electrons. The highest BCUT2D eigenvalue weighted by Gasteiger charge is 2.11. The first kappa shape index (κ1) is 21.3. The normalized spacial score (nSPS) is 11.7. The predicted octanol–water partition coefficient (Wildman–Crippen LogP) is 3.79. The first-order valence-corrected chi connectivity index (χ1v) is 8.92. The van der Waals surface area contributed by atoms with E-state index in [0.29, 0.717) is 22.1 Å². The Kier molecular flexibility index (Phi) is 7.89. The first-order valence-electron chi connectivity index (χ1n) is 8.54. The van der Waals surface area contributed by atoms with Gasteiger partial charge in [-0.25, -0.2) is 4.79 Å². The van der Waals surface area contributed by atoms with Gasteiger partial charge < -0.3 is 19.5 Å². The van der Waals surface area contributed by atoms with Crippen LogP contribution in [0.25, 0.3) is 6.08 Å². The summed E-state index contributed by atoms with van der Waals surface area (Å²) >= 11 is 5.85. The van der Waals surface area contributed by atoms with E-state index in [1.807, 2.05) is 19.1 Å². The average molecular weight is 404 g/mol. The number of methoxy groups -OCH3 is 2. The minimum atomic E-state index is -0.629. The lowest BCUT2D eigenvalue weighted by Gasteiger charge is -2.14. The van der Waals surface area contributed by atoms with Crippen molar-refractivity contribution in [2.75, 3.05) is 20.8 Å². The van der Waals surface area contributed by atoms with Crippen LogP contribution in [0.2, 0.25) is 5.02 Å². The van der Waals surface area contributed by atoms with Gasteiger partial charge >= 0.3 is 5.97 Å². The van der Waals surface area contributed by atoms with E-state index in [2.05, 4.69) is 5.32 Å². The second-order valence-electron chi connectivity index (χ2n) is 5.93. The third-order valence-electron chi connectivity index (χ3n) is 3.88. The van der Waals surface area contributed by atoms with E-state index >= 15 is 0 Å². The zero-order valence-corrected chi connectivity index (χ0v) is 16.7. The fraction of sp³-hybridized carbons (Fsp3) is 0.238. The third kappa shape index (κ3) is 6.63. The summed E-state index contributed by atoms with van der Waals surface area (Å²) in [5.74, 6) is 0.175. The Hall–Kier alpha value is -2.99. The van der Waals surface area contributed by atoms with Crippen LogP contribution in [0.1, 0.15) is 24.1 Å². The lowest BCUT2D eigenvalue weighted by atomic mass is 10.1. The molecule has 6 nitrogen and oxygen atoms in total. The Bertz CT molecular complexity index is 826. The van der Waals surface area contributed by atoms with Crippen molar-refractivity contribution in [3.8, 4) is 11.5 Å². The van der Waals surface area contributed by atoms with Gasteiger partial charge in [0.15, 0.2) is 6.61 Å². The lowest BCUT2D eigenvalue weighted by Crippen LogP contribution is -2.30. The van der Waals surface area contributed by atoms with E-state index < -0.39 is 11.9 Å². The minimum Gasteiger partial charge on any atom is -0.497 e. The number of benzene rings is 2. The summed E-state index contributed by atoms with van der Waals surface area (Å²) in [6.45, 7) is 1.46. The largest absolute Gasteiger partial charge is 0.497 e. The van der Waals surface area contributed by atoms with Crippen molar-refractivity contribution in [1.29, 1.82) is 0 Å². The number of carbonyl (C=O) groups excluding carboxylic acids is 2. The Morgan fingerprint density at radius 3 is 2.25 bits per heavy atom. The van der Waals surface area contributed by atoms with E-state index in [0.717, 1.165) is 5.56 Å². The van der Waals surface area contributed by atoms with Crippen LogP contribution in [-0.2, 0) is 14.3 Å². The molecule has 0 saturated carbocycles. The molecule has 0 bridgehead atoms. The number of amides is 1. The van der Waals surface area contributed by atoms with Crippen molar-refractivity contribution in [3.63, 3.8) is 0 Å². The van der Waals surface area contributed by atoms with Gasteiger partial charge in [-0.15, -0.1) is 0 Å². The number of ether oxygens (including phenoxy) is 3. The van der Waals surface area contributed by atoms with Crippen LogP contribution in [0.3, 0.4) is 0 Å². The fourth-order valence-electron chi connectivity index (χ4n) is 2.39. The Balaban J connectivity index is 1.85. The summed E-state index contributed by atoms with van der Waals surface area (Å²) in [6, 6.07) is 12.1. The van der Waals surface area contributed by atoms with Crippen molar-refractivity contribution >= 4 is 29.6 Å². The standard InChI is InChI=1S/C21H22ClNO5/c1-14(16-5-7-17(22)8-6-16)23-20(24)13-28-21(25)9-4-15-10-18(26-2)12-19(11-15)27-3/h4-12,14H,13H2,1-3H3,(H,23,24)/b9-4+/t14-/m0/s1. The van der Waals surface area contributed by atoms with Crippen molar-refractivity contribution in [2.24, 2.45) is 0 Å². The Morgan fingerprint density at radius 1 is 1.07 bits per heavy atom. The van der Waals surface area contributed by atoms with Crippen LogP contribution in [-0.4, -0.2) is 32.7 Å². The molecule has 2 aromatic rings. The zero-order chi connectivity index (χ0) is 20.5. The molecule has 0 aliphatic rings. The smallest absolute Gasteiger partial charge is 0.331 e. The Labute approximate surface area is 169 Å². The molecular weight excluding hydrogens is 382 g/mol. The molecule has 1 N–H and O–H groups in total. The van der Waals surface area contributed by atoms with Crippen LogP contribution < -0.4 is 14.8 Å². The van der Waals surface area contributed by atoms with Crippen molar-refractivity contribution < 1.29 is 23.8 Å². The second-order valence-corrected chi connectivity index (χ2v) is 6.36. The van der Waals surface area contributed by atoms with Gasteiger partial charge in [0, 0.05) is 17.2 Å². The highest BCUT2D eigenvalue weighted by atomic mass is 35.5. The molecule has 0 heterocycles. The molecule has 0 aromatic heterocycles. The summed E-state index contributed by atoms with van der Waals surface area (Å²) in [7, 11) is 3.08. The Morgan fingerprint density at radius 2 is 1.68 bits per heavy atom. The van der Waals surface area contributed by atoms with E-state index in [4.69, 9.17) is 25.8 Å². The fourth-order valence-corrected chi connectivity index (χ4v) is 2.52. The van der Waals surface area contributed by atoms with Gasteiger partial charge in [-0.2, -0.15) is 0 Å². The van der Waals surface area contributed by atoms with Crippen LogP contribution in [0, 0.1) is 0 Å². The topological polar surface area (TPSA) is 73.9 Å². The molecule has 28 heavy (non-hydrogen) atoms. The van der Waals surface area contributed by atoms with E-state index in [-0.39, 0.29) is 12.6 Å². The number of esters is 1. The molecule has 0 fully saturated rings. The van der Waals surface area contributed by atoms with Crippen LogP contribution in [0.4, 0.5) is 0 Å². The van der Waals surface area contributed by atoms with E-state index in [9.17, 15) is 9.59 Å². The second kappa shape index (κ2) is 10.4. The molecule has 0 spiro atoms. The van der Waals surface area contributed by atoms with Gasteiger partial charge in [-0.1, -0.05) is 23.7 Å². The van der Waals surface area contributed by atoms with Crippen LogP contribution in [0.5, 0.6) is 11.5 Å². The third-order valence-corrected chi connectivity index (χ3v) is 4.13. The SMILES string of the molecule is COc1cc(/C=C/C(=O)OCC(=O)N[C@@H](C)c2ccc(Cl)cc2)cc(OC)c1. The maximum atomic E-state index is 12.0. The van der Waals surface area contributed by atoms with Crippen LogP contribution >= 0.6 is 11.6 Å². The zero-order valence-electron chi connectivity index (χ0n) is 15.9. The summed E-state index contributed by atoms with van der Waals surface area (Å²) in [6.07, 6.45) is 2.80. The van der Waals surface area contributed by atoms with E-state index in [1.54, 1.807) is 50.6 Å². The number of rotatable bonds is 8. The van der Waals surface area contributed by atoms with E-state index in [1.165, 1.54) is 6.08 Å². The molecule has 0 aliphatic carbocycles. The quantitative estimate of drug-likeness (QED) is 0.536. The molecule has 2 rings (SSSR count). The molecule has 0 radical (unpaired) electrons. The minimum absolute atomic E-state index is 0.233. The number of halogens is 1. The summed E-state index contributed by atoms with van der Waals surface area (Å²) in [4.78, 5) is 23.8. The average Bonchev–Trinajstić information content (AvgIpc) is 2.70. The van der Waals surface area contributed by atoms with Crippen molar-refractivity contribution in [3.05, 3.63) is 64.7 Å². The number of nitrogens with one attached hydrogen (secondary N) is 1. The maximum Gasteiger partial charge on any atom is 0.331 e. The lowest BCUT2D eigenvalue weighted by molar-refractivity contribution is -0.144. The molecule has 1 atom stereocenters. The summed E-state index contributed by atoms with van der Waals surface area (Å²) in [5, 5.41) is 3.38. The van der Waals surface area contributed by atoms with Gasteiger partial charge in [-0.3, -0.25) is 4.79 Å². The highest BCUT2D eigenvalue weighted by Crippen LogP contribution is 2.23. The molecular formula is C21H22ClNO5. The summed E-state index contributed by atoms with van der Waals surface area (Å²) < 4.78 is 15.3. The molecule has 0 aliphatic heterocycles. The van der Waals surface area contributed by atoms with Gasteiger partial charge in [0.1, 0.15) is 11.5 Å². The molecule has 7 heteroatoms. The molecule has 2 aromatic carbocycles. The van der Waals surface area contributed by atoms with Gasteiger partial charge in [-0.05, 0) is 48.4 Å². The number of hydrogen-bond donors (Lipinski definition) is 1. The summed E-state index contributed by atoms with van der Waals surface area (Å²) in [5.41, 5.74) is 1.60. The predicted molar refractivity (Wildman–Crippen MR) is 108 cm³/mol. The molecule has 1 amide bonds.